The van der Waals surface area contributed by atoms with Crippen LogP contribution in [-0.4, -0.2) is 0 Å². The van der Waals surface area contributed by atoms with Crippen LogP contribution in [0.2, 0.25) is 0 Å². The van der Waals surface area contributed by atoms with Gasteiger partial charge in [-0.2, -0.15) is 0 Å². The molecular formula is C15H13N2O+. The number of aryl methyl sites for hydroxylation is 1. The molecule has 1 heterocycles. The summed E-state index contributed by atoms with van der Waals surface area (Å²) in [4.78, 5) is 0. The predicted molar refractivity (Wildman–Crippen MR) is 69.2 cm³/mol. The van der Waals surface area contributed by atoms with Gasteiger partial charge in [0.05, 0.1) is 0 Å². The highest BCUT2D eigenvalue weighted by Crippen LogP contribution is 2.13. The first kappa shape index (κ1) is 11.9. The van der Waals surface area contributed by atoms with E-state index in [4.69, 9.17) is 10.00 Å². The maximum absolute atomic E-state index is 8.38. The third-order valence-electron chi connectivity index (χ3n) is 2.52. The van der Waals surface area contributed by atoms with E-state index in [0.29, 0.717) is 5.75 Å². The Labute approximate surface area is 106 Å². The van der Waals surface area contributed by atoms with E-state index in [1.807, 2.05) is 60.4 Å². The van der Waals surface area contributed by atoms with Crippen LogP contribution in [-0.2, 0) is 7.05 Å². The van der Waals surface area contributed by atoms with Gasteiger partial charge in [0, 0.05) is 12.1 Å². The molecule has 0 radical (unpaired) electrons. The highest BCUT2D eigenvalue weighted by atomic mass is 16.5. The fourth-order valence-corrected chi connectivity index (χ4v) is 1.52. The molecule has 88 valence electrons. The molecule has 0 spiro atoms. The van der Waals surface area contributed by atoms with Crippen molar-refractivity contribution in [3.05, 3.63) is 59.9 Å². The summed E-state index contributed by atoms with van der Waals surface area (Å²) in [5, 5.41) is 8.38. The molecule has 0 saturated heterocycles. The molecule has 2 aromatic rings. The molecule has 2 rings (SSSR count). The van der Waals surface area contributed by atoms with Crippen molar-refractivity contribution in [1.29, 1.82) is 5.26 Å². The topological polar surface area (TPSA) is 36.9 Å². The number of hydrogen-bond acceptors (Lipinski definition) is 2. The quantitative estimate of drug-likeness (QED) is 0.607. The van der Waals surface area contributed by atoms with E-state index in [2.05, 4.69) is 0 Å². The lowest BCUT2D eigenvalue weighted by Gasteiger charge is -1.96. The second-order valence-corrected chi connectivity index (χ2v) is 3.89. The van der Waals surface area contributed by atoms with Crippen molar-refractivity contribution in [2.45, 2.75) is 0 Å². The van der Waals surface area contributed by atoms with Crippen LogP contribution in [0.5, 0.6) is 5.75 Å². The van der Waals surface area contributed by atoms with Gasteiger partial charge in [-0.15, -0.1) is 5.26 Å². The van der Waals surface area contributed by atoms with E-state index in [0.717, 1.165) is 11.1 Å². The Kier molecular flexibility index (Phi) is 3.72. The van der Waals surface area contributed by atoms with Crippen molar-refractivity contribution in [2.75, 3.05) is 0 Å². The first-order valence-electron chi connectivity index (χ1n) is 5.57. The smallest absolute Gasteiger partial charge is 0.292 e. The zero-order chi connectivity index (χ0) is 12.8. The highest BCUT2D eigenvalue weighted by molar-refractivity contribution is 5.69. The van der Waals surface area contributed by atoms with E-state index in [1.165, 1.54) is 0 Å². The molecule has 0 unspecified atom stereocenters. The van der Waals surface area contributed by atoms with Crippen molar-refractivity contribution in [3.8, 4) is 12.0 Å². The van der Waals surface area contributed by atoms with Gasteiger partial charge in [-0.05, 0) is 23.3 Å². The van der Waals surface area contributed by atoms with Gasteiger partial charge in [0.15, 0.2) is 12.4 Å². The zero-order valence-corrected chi connectivity index (χ0v) is 10.1. The lowest BCUT2D eigenvalue weighted by atomic mass is 10.1. The Balaban J connectivity index is 2.09. The maximum atomic E-state index is 8.38. The predicted octanol–water partition coefficient (Wildman–Crippen LogP) is 2.54. The molecule has 0 fully saturated rings. The second-order valence-electron chi connectivity index (χ2n) is 3.89. The van der Waals surface area contributed by atoms with Gasteiger partial charge in [0.1, 0.15) is 12.8 Å². The van der Waals surface area contributed by atoms with Crippen LogP contribution in [0.1, 0.15) is 11.1 Å². The Morgan fingerprint density at radius 2 is 1.56 bits per heavy atom. The molecule has 3 heteroatoms. The summed E-state index contributed by atoms with van der Waals surface area (Å²) in [6, 6.07) is 11.5. The molecule has 0 bridgehead atoms. The van der Waals surface area contributed by atoms with Crippen molar-refractivity contribution in [2.24, 2.45) is 7.05 Å². The minimum Gasteiger partial charge on any atom is -0.388 e. The SMILES string of the molecule is C[n+]1ccc(/C=C/c2ccc(OC#N)cc2)cc1. The number of aromatic nitrogens is 1. The zero-order valence-electron chi connectivity index (χ0n) is 10.1. The van der Waals surface area contributed by atoms with E-state index < -0.39 is 0 Å². The summed E-state index contributed by atoms with van der Waals surface area (Å²) in [5.74, 6) is 0.557. The number of rotatable bonds is 3. The van der Waals surface area contributed by atoms with E-state index in [9.17, 15) is 0 Å². The van der Waals surface area contributed by atoms with Crippen LogP contribution in [0.25, 0.3) is 12.2 Å². The fourth-order valence-electron chi connectivity index (χ4n) is 1.52. The molecule has 0 saturated carbocycles. The van der Waals surface area contributed by atoms with E-state index >= 15 is 0 Å². The summed E-state index contributed by atoms with van der Waals surface area (Å²) in [5.41, 5.74) is 2.21. The summed E-state index contributed by atoms with van der Waals surface area (Å²) in [6.07, 6.45) is 9.71. The van der Waals surface area contributed by atoms with Gasteiger partial charge in [-0.1, -0.05) is 24.3 Å². The molecule has 1 aromatic carbocycles. The van der Waals surface area contributed by atoms with Gasteiger partial charge in [-0.25, -0.2) is 4.57 Å². The lowest BCUT2D eigenvalue weighted by Crippen LogP contribution is -2.25. The second kappa shape index (κ2) is 5.65. The largest absolute Gasteiger partial charge is 0.388 e. The van der Waals surface area contributed by atoms with E-state index in [-0.39, 0.29) is 0 Å². The van der Waals surface area contributed by atoms with Crippen LogP contribution in [0.3, 0.4) is 0 Å². The third kappa shape index (κ3) is 3.19. The average Bonchev–Trinajstić information content (AvgIpc) is 2.40. The fraction of sp³-hybridized carbons (Fsp3) is 0.0667. The first-order chi connectivity index (χ1) is 8.78. The number of pyridine rings is 1. The molecule has 0 atom stereocenters. The standard InChI is InChI=1S/C15H13N2O/c1-17-10-8-14(9-11-17)3-2-13-4-6-15(7-5-13)18-12-16/h2-11H,1H3/q+1/b3-2+. The molecule has 0 aliphatic carbocycles. The lowest BCUT2D eigenvalue weighted by molar-refractivity contribution is -0.671. The first-order valence-corrected chi connectivity index (χ1v) is 5.57. The third-order valence-corrected chi connectivity index (χ3v) is 2.52. The Morgan fingerprint density at radius 1 is 1.00 bits per heavy atom. The Morgan fingerprint density at radius 3 is 2.11 bits per heavy atom. The summed E-state index contributed by atoms with van der Waals surface area (Å²) < 4.78 is 6.71. The molecule has 1 aromatic heterocycles. The normalized spacial score (nSPS) is 10.2. The molecule has 3 nitrogen and oxygen atoms in total. The van der Waals surface area contributed by atoms with Crippen LogP contribution in [0.15, 0.2) is 48.8 Å². The number of benzene rings is 1. The molecule has 0 aliphatic heterocycles. The van der Waals surface area contributed by atoms with Gasteiger partial charge >= 0.3 is 0 Å². The highest BCUT2D eigenvalue weighted by Gasteiger charge is 1.94. The van der Waals surface area contributed by atoms with Crippen molar-refractivity contribution in [3.63, 3.8) is 0 Å². The number of nitriles is 1. The minimum absolute atomic E-state index is 0.557. The van der Waals surface area contributed by atoms with Gasteiger partial charge in [0.2, 0.25) is 0 Å². The van der Waals surface area contributed by atoms with Gasteiger partial charge in [0.25, 0.3) is 6.26 Å². The number of nitrogens with zero attached hydrogens (tertiary/aromatic N) is 2. The molecular weight excluding hydrogens is 224 g/mol. The summed E-state index contributed by atoms with van der Waals surface area (Å²) in [7, 11) is 1.99. The van der Waals surface area contributed by atoms with Crippen molar-refractivity contribution >= 4 is 12.2 Å². The van der Waals surface area contributed by atoms with E-state index in [1.54, 1.807) is 18.4 Å². The van der Waals surface area contributed by atoms with Crippen molar-refractivity contribution < 1.29 is 9.30 Å². The Hall–Kier alpha value is -2.60. The Bertz CT molecular complexity index is 577. The van der Waals surface area contributed by atoms with Crippen molar-refractivity contribution in [1.82, 2.24) is 0 Å². The number of ether oxygens (including phenoxy) is 1. The average molecular weight is 237 g/mol. The summed E-state index contributed by atoms with van der Waals surface area (Å²) >= 11 is 0. The monoisotopic (exact) mass is 237 g/mol. The summed E-state index contributed by atoms with van der Waals surface area (Å²) in [6.45, 7) is 0. The number of hydrogen-bond donors (Lipinski definition) is 0. The van der Waals surface area contributed by atoms with Crippen LogP contribution >= 0.6 is 0 Å². The molecule has 0 aliphatic rings. The maximum Gasteiger partial charge on any atom is 0.292 e. The van der Waals surface area contributed by atoms with Gasteiger partial charge in [-0.3, -0.25) is 0 Å². The van der Waals surface area contributed by atoms with Crippen LogP contribution in [0.4, 0.5) is 0 Å². The van der Waals surface area contributed by atoms with Crippen LogP contribution < -0.4 is 9.30 Å². The van der Waals surface area contributed by atoms with Crippen LogP contribution in [0, 0.1) is 11.5 Å². The minimum atomic E-state index is 0.557. The molecule has 0 N–H and O–H groups in total. The molecule has 0 amide bonds. The van der Waals surface area contributed by atoms with Gasteiger partial charge < -0.3 is 4.74 Å². The molecule has 18 heavy (non-hydrogen) atoms.